The summed E-state index contributed by atoms with van der Waals surface area (Å²) in [5.74, 6) is -1.61. The zero-order valence-corrected chi connectivity index (χ0v) is 13.9. The Morgan fingerprint density at radius 2 is 1.50 bits per heavy atom. The second-order valence-electron chi connectivity index (χ2n) is 5.57. The molecule has 3 rings (SSSR count). The minimum atomic E-state index is -1.23. The molecule has 0 unspecified atom stereocenters. The van der Waals surface area contributed by atoms with Crippen molar-refractivity contribution < 1.29 is 14.0 Å². The highest BCUT2D eigenvalue weighted by molar-refractivity contribution is 6.40. The molecule has 124 valence electrons. The van der Waals surface area contributed by atoms with Crippen molar-refractivity contribution in [2.24, 2.45) is 5.41 Å². The van der Waals surface area contributed by atoms with E-state index in [9.17, 15) is 14.0 Å². The van der Waals surface area contributed by atoms with Crippen LogP contribution in [0.5, 0.6) is 0 Å². The fourth-order valence-electron chi connectivity index (χ4n) is 2.34. The van der Waals surface area contributed by atoms with E-state index in [0.717, 1.165) is 0 Å². The maximum Gasteiger partial charge on any atom is 0.240 e. The molecule has 1 saturated carbocycles. The number of halogens is 3. The first-order chi connectivity index (χ1) is 11.4. The molecule has 4 nitrogen and oxygen atoms in total. The van der Waals surface area contributed by atoms with Gasteiger partial charge in [0.15, 0.2) is 0 Å². The maximum atomic E-state index is 13.7. The number of carbonyl (C=O) groups is 2. The third kappa shape index (κ3) is 3.09. The summed E-state index contributed by atoms with van der Waals surface area (Å²) in [5, 5.41) is 5.63. The molecule has 1 aliphatic rings. The summed E-state index contributed by atoms with van der Waals surface area (Å²) in [6.07, 6.45) is 0.752. The van der Waals surface area contributed by atoms with Crippen LogP contribution in [0.1, 0.15) is 12.8 Å². The molecule has 0 saturated heterocycles. The van der Waals surface area contributed by atoms with Crippen LogP contribution < -0.4 is 10.6 Å². The first-order valence-corrected chi connectivity index (χ1v) is 8.01. The summed E-state index contributed by atoms with van der Waals surface area (Å²) in [6.45, 7) is 0. The zero-order valence-electron chi connectivity index (χ0n) is 12.4. The van der Waals surface area contributed by atoms with Crippen LogP contribution >= 0.6 is 23.2 Å². The summed E-state index contributed by atoms with van der Waals surface area (Å²) in [4.78, 5) is 25.0. The van der Waals surface area contributed by atoms with Gasteiger partial charge in [-0.25, -0.2) is 4.39 Å². The highest BCUT2D eigenvalue weighted by Gasteiger charge is 2.56. The molecule has 0 aromatic heterocycles. The number of anilines is 2. The molecule has 2 aromatic rings. The largest absolute Gasteiger partial charge is 0.323 e. The van der Waals surface area contributed by atoms with Crippen LogP contribution in [-0.4, -0.2) is 11.8 Å². The Balaban J connectivity index is 1.77. The smallest absolute Gasteiger partial charge is 0.240 e. The molecule has 1 aliphatic carbocycles. The number of benzene rings is 2. The third-order valence-electron chi connectivity index (χ3n) is 3.94. The van der Waals surface area contributed by atoms with Gasteiger partial charge in [-0.05, 0) is 37.1 Å². The number of hydrogen-bond acceptors (Lipinski definition) is 2. The normalized spacial score (nSPS) is 14.8. The molecular formula is C17H13Cl2FN2O2. The van der Waals surface area contributed by atoms with Gasteiger partial charge in [0.05, 0.1) is 21.4 Å². The first kappa shape index (κ1) is 16.7. The Labute approximate surface area is 148 Å². The van der Waals surface area contributed by atoms with Crippen LogP contribution in [0.3, 0.4) is 0 Å². The zero-order chi connectivity index (χ0) is 17.3. The molecule has 2 amide bonds. The lowest BCUT2D eigenvalue weighted by Gasteiger charge is -2.17. The van der Waals surface area contributed by atoms with Gasteiger partial charge in [0.2, 0.25) is 11.8 Å². The van der Waals surface area contributed by atoms with E-state index in [2.05, 4.69) is 10.6 Å². The monoisotopic (exact) mass is 366 g/mol. The molecule has 1 fully saturated rings. The summed E-state index contributed by atoms with van der Waals surface area (Å²) in [5.41, 5.74) is -0.932. The molecular weight excluding hydrogens is 354 g/mol. The van der Waals surface area contributed by atoms with Crippen LogP contribution in [-0.2, 0) is 9.59 Å². The minimum Gasteiger partial charge on any atom is -0.323 e. The van der Waals surface area contributed by atoms with E-state index in [4.69, 9.17) is 23.2 Å². The van der Waals surface area contributed by atoms with Crippen molar-refractivity contribution in [2.45, 2.75) is 12.8 Å². The Kier molecular flexibility index (Phi) is 4.47. The molecule has 0 bridgehead atoms. The van der Waals surface area contributed by atoms with Crippen molar-refractivity contribution >= 4 is 46.4 Å². The number of nitrogens with one attached hydrogen (secondary N) is 2. The van der Waals surface area contributed by atoms with Crippen LogP contribution in [0.2, 0.25) is 10.0 Å². The Morgan fingerprint density at radius 1 is 0.917 bits per heavy atom. The van der Waals surface area contributed by atoms with Crippen molar-refractivity contribution in [1.29, 1.82) is 0 Å². The first-order valence-electron chi connectivity index (χ1n) is 7.25. The number of rotatable bonds is 4. The van der Waals surface area contributed by atoms with Gasteiger partial charge in [-0.15, -0.1) is 0 Å². The molecule has 24 heavy (non-hydrogen) atoms. The fraction of sp³-hybridized carbons (Fsp3) is 0.176. The highest BCUT2D eigenvalue weighted by atomic mass is 35.5. The second-order valence-corrected chi connectivity index (χ2v) is 6.38. The van der Waals surface area contributed by atoms with Crippen LogP contribution in [0, 0.1) is 11.2 Å². The Hall–Kier alpha value is -2.11. The van der Waals surface area contributed by atoms with Crippen molar-refractivity contribution in [2.75, 3.05) is 10.6 Å². The van der Waals surface area contributed by atoms with Gasteiger partial charge < -0.3 is 10.6 Å². The lowest BCUT2D eigenvalue weighted by Crippen LogP contribution is -2.36. The maximum absolute atomic E-state index is 13.7. The highest BCUT2D eigenvalue weighted by Crippen LogP contribution is 2.48. The van der Waals surface area contributed by atoms with Gasteiger partial charge >= 0.3 is 0 Å². The molecule has 0 spiro atoms. The van der Waals surface area contributed by atoms with Gasteiger partial charge in [-0.2, -0.15) is 0 Å². The fourth-order valence-corrected chi connectivity index (χ4v) is 2.83. The molecule has 2 N–H and O–H groups in total. The van der Waals surface area contributed by atoms with E-state index in [0.29, 0.717) is 12.8 Å². The SMILES string of the molecule is O=C(Nc1ccccc1F)C1(C(=O)Nc2c(Cl)cccc2Cl)CC1. The Morgan fingerprint density at radius 3 is 2.08 bits per heavy atom. The van der Waals surface area contributed by atoms with E-state index in [1.165, 1.54) is 18.2 Å². The van der Waals surface area contributed by atoms with E-state index < -0.39 is 23.0 Å². The quantitative estimate of drug-likeness (QED) is 0.783. The number of carbonyl (C=O) groups excluding carboxylic acids is 2. The number of hydrogen-bond donors (Lipinski definition) is 2. The minimum absolute atomic E-state index is 0.0392. The second kappa shape index (κ2) is 6.42. The molecule has 2 aromatic carbocycles. The van der Waals surface area contributed by atoms with Crippen molar-refractivity contribution in [1.82, 2.24) is 0 Å². The van der Waals surface area contributed by atoms with Crippen molar-refractivity contribution in [3.05, 3.63) is 58.3 Å². The predicted octanol–water partition coefficient (Wildman–Crippen LogP) is 4.49. The summed E-state index contributed by atoms with van der Waals surface area (Å²) >= 11 is 12.0. The number of amides is 2. The predicted molar refractivity (Wildman–Crippen MR) is 91.8 cm³/mol. The molecule has 0 aliphatic heterocycles. The summed E-state index contributed by atoms with van der Waals surface area (Å²) in [6, 6.07) is 10.6. The van der Waals surface area contributed by atoms with E-state index in [1.807, 2.05) is 0 Å². The van der Waals surface area contributed by atoms with Crippen LogP contribution in [0.25, 0.3) is 0 Å². The standard InChI is InChI=1S/C17H13Cl2FN2O2/c18-10-4-3-5-11(19)14(10)22-16(24)17(8-9-17)15(23)21-13-7-2-1-6-12(13)20/h1-7H,8-9H2,(H,21,23)(H,22,24). The third-order valence-corrected chi connectivity index (χ3v) is 4.57. The van der Waals surface area contributed by atoms with Crippen molar-refractivity contribution in [3.8, 4) is 0 Å². The molecule has 0 radical (unpaired) electrons. The van der Waals surface area contributed by atoms with Gasteiger partial charge in [0.1, 0.15) is 11.2 Å². The van der Waals surface area contributed by atoms with Gasteiger partial charge in [0, 0.05) is 0 Å². The van der Waals surface area contributed by atoms with E-state index in [-0.39, 0.29) is 21.4 Å². The molecule has 0 heterocycles. The Bertz CT molecular complexity index is 802. The van der Waals surface area contributed by atoms with Gasteiger partial charge in [0.25, 0.3) is 0 Å². The van der Waals surface area contributed by atoms with Crippen LogP contribution in [0.4, 0.5) is 15.8 Å². The molecule has 7 heteroatoms. The summed E-state index contributed by atoms with van der Waals surface area (Å²) < 4.78 is 13.7. The van der Waals surface area contributed by atoms with E-state index in [1.54, 1.807) is 24.3 Å². The average molecular weight is 367 g/mol. The van der Waals surface area contributed by atoms with Crippen LogP contribution in [0.15, 0.2) is 42.5 Å². The van der Waals surface area contributed by atoms with Crippen molar-refractivity contribution in [3.63, 3.8) is 0 Å². The summed E-state index contributed by atoms with van der Waals surface area (Å²) in [7, 11) is 0. The van der Waals surface area contributed by atoms with Gasteiger partial charge in [-0.3, -0.25) is 9.59 Å². The van der Waals surface area contributed by atoms with Gasteiger partial charge in [-0.1, -0.05) is 41.4 Å². The lowest BCUT2D eigenvalue weighted by molar-refractivity contribution is -0.131. The number of para-hydroxylation sites is 2. The average Bonchev–Trinajstić information content (AvgIpc) is 3.35. The lowest BCUT2D eigenvalue weighted by atomic mass is 10.0. The molecule has 0 atom stereocenters. The topological polar surface area (TPSA) is 58.2 Å². The van der Waals surface area contributed by atoms with E-state index >= 15 is 0 Å².